The van der Waals surface area contributed by atoms with Crippen molar-refractivity contribution in [3.05, 3.63) is 71.7 Å². The van der Waals surface area contributed by atoms with Crippen LogP contribution in [0.25, 0.3) is 22.8 Å². The Balaban J connectivity index is 1.26. The highest BCUT2D eigenvalue weighted by Gasteiger charge is 2.31. The minimum Gasteiger partial charge on any atom is -0.339 e. The molecule has 0 aliphatic carbocycles. The fourth-order valence-electron chi connectivity index (χ4n) is 4.01. The Morgan fingerprint density at radius 3 is 2.47 bits per heavy atom. The van der Waals surface area contributed by atoms with Crippen molar-refractivity contribution in [2.24, 2.45) is 0 Å². The molecule has 176 valence electrons. The fourth-order valence-corrected chi connectivity index (χ4v) is 4.01. The lowest BCUT2D eigenvalue weighted by Crippen LogP contribution is -2.34. The molecule has 3 heterocycles. The minimum absolute atomic E-state index is 0.0191. The van der Waals surface area contributed by atoms with E-state index in [0.717, 1.165) is 31.5 Å². The molecule has 1 aliphatic heterocycles. The first-order valence-corrected chi connectivity index (χ1v) is 10.7. The van der Waals surface area contributed by atoms with E-state index in [1.54, 1.807) is 12.1 Å². The number of nitrogens with zero attached hydrogens (tertiary/aromatic N) is 5. The summed E-state index contributed by atoms with van der Waals surface area (Å²) in [6.07, 6.45) is -2.73. The van der Waals surface area contributed by atoms with Gasteiger partial charge in [0.15, 0.2) is 0 Å². The van der Waals surface area contributed by atoms with Crippen LogP contribution >= 0.6 is 0 Å². The summed E-state index contributed by atoms with van der Waals surface area (Å²) in [4.78, 5) is 10.8. The molecule has 1 unspecified atom stereocenters. The van der Waals surface area contributed by atoms with E-state index in [1.165, 1.54) is 24.3 Å². The first-order valence-electron chi connectivity index (χ1n) is 10.7. The van der Waals surface area contributed by atoms with Gasteiger partial charge in [-0.15, -0.1) is 0 Å². The van der Waals surface area contributed by atoms with Gasteiger partial charge in [-0.05, 0) is 43.7 Å². The molecule has 1 saturated heterocycles. The number of piperidine rings is 1. The van der Waals surface area contributed by atoms with E-state index in [4.69, 9.17) is 9.05 Å². The van der Waals surface area contributed by atoms with Crippen LogP contribution in [0.4, 0.5) is 17.6 Å². The van der Waals surface area contributed by atoms with Crippen molar-refractivity contribution in [2.45, 2.75) is 31.5 Å². The largest absolute Gasteiger partial charge is 0.416 e. The summed E-state index contributed by atoms with van der Waals surface area (Å²) in [5.74, 6) is 0.810. The first kappa shape index (κ1) is 22.2. The molecule has 1 fully saturated rings. The van der Waals surface area contributed by atoms with E-state index in [0.29, 0.717) is 36.3 Å². The Kier molecular flexibility index (Phi) is 5.86. The van der Waals surface area contributed by atoms with Gasteiger partial charge in [-0.2, -0.15) is 23.1 Å². The van der Waals surface area contributed by atoms with Crippen molar-refractivity contribution in [1.82, 2.24) is 25.2 Å². The molecule has 0 bridgehead atoms. The van der Waals surface area contributed by atoms with Crippen LogP contribution in [-0.4, -0.2) is 38.3 Å². The Hall–Kier alpha value is -3.60. The van der Waals surface area contributed by atoms with E-state index in [1.807, 2.05) is 0 Å². The Morgan fingerprint density at radius 2 is 1.68 bits per heavy atom. The first-order chi connectivity index (χ1) is 16.3. The molecule has 1 aliphatic rings. The summed E-state index contributed by atoms with van der Waals surface area (Å²) < 4.78 is 63.2. The lowest BCUT2D eigenvalue weighted by molar-refractivity contribution is -0.137. The van der Waals surface area contributed by atoms with E-state index in [2.05, 4.69) is 25.2 Å². The van der Waals surface area contributed by atoms with E-state index in [9.17, 15) is 17.6 Å². The maximum Gasteiger partial charge on any atom is 0.416 e. The topological polar surface area (TPSA) is 81.1 Å². The molecule has 1 atom stereocenters. The number of alkyl halides is 3. The van der Waals surface area contributed by atoms with Gasteiger partial charge in [-0.25, -0.2) is 4.39 Å². The summed E-state index contributed by atoms with van der Waals surface area (Å²) in [7, 11) is 0. The van der Waals surface area contributed by atoms with E-state index in [-0.39, 0.29) is 23.1 Å². The highest BCUT2D eigenvalue weighted by atomic mass is 19.4. The predicted octanol–water partition coefficient (Wildman–Crippen LogP) is 5.32. The van der Waals surface area contributed by atoms with Crippen molar-refractivity contribution >= 4 is 0 Å². The van der Waals surface area contributed by atoms with Gasteiger partial charge in [0.1, 0.15) is 5.82 Å². The number of rotatable bonds is 5. The molecule has 0 spiro atoms. The Morgan fingerprint density at radius 1 is 0.941 bits per heavy atom. The molecular weight excluding hydrogens is 454 g/mol. The van der Waals surface area contributed by atoms with Gasteiger partial charge >= 0.3 is 6.18 Å². The second-order valence-corrected chi connectivity index (χ2v) is 8.13. The zero-order chi connectivity index (χ0) is 23.7. The molecule has 0 N–H and O–H groups in total. The molecule has 0 radical (unpaired) electrons. The molecule has 2 aromatic carbocycles. The van der Waals surface area contributed by atoms with Gasteiger partial charge in [0.05, 0.1) is 18.0 Å². The molecule has 11 heteroatoms. The van der Waals surface area contributed by atoms with E-state index >= 15 is 0 Å². The van der Waals surface area contributed by atoms with Crippen molar-refractivity contribution in [3.63, 3.8) is 0 Å². The summed E-state index contributed by atoms with van der Waals surface area (Å²) in [5.41, 5.74) is 0.000112. The summed E-state index contributed by atoms with van der Waals surface area (Å²) in [6, 6.07) is 10.8. The average Bonchev–Trinajstić information content (AvgIpc) is 3.49. The monoisotopic (exact) mass is 473 g/mol. The standard InChI is InChI=1S/C23H19F4N5O2/c24-18-8-2-5-15(11-18)21-29-22(34-31-21)16-6-3-9-32(12-16)13-19-28-20(30-33-19)14-4-1-7-17(10-14)23(25,26)27/h1-2,4-5,7-8,10-11,16H,3,6,9,12-13H2. The zero-order valence-corrected chi connectivity index (χ0v) is 17.8. The highest BCUT2D eigenvalue weighted by Crippen LogP contribution is 2.32. The van der Waals surface area contributed by atoms with Gasteiger partial charge < -0.3 is 9.05 Å². The highest BCUT2D eigenvalue weighted by molar-refractivity contribution is 5.56. The number of benzene rings is 2. The third-order valence-corrected chi connectivity index (χ3v) is 5.65. The maximum atomic E-state index is 13.5. The van der Waals surface area contributed by atoms with Crippen LogP contribution in [-0.2, 0) is 12.7 Å². The molecule has 0 amide bonds. The summed E-state index contributed by atoms with van der Waals surface area (Å²) >= 11 is 0. The quantitative estimate of drug-likeness (QED) is 0.363. The maximum absolute atomic E-state index is 13.5. The molecule has 4 aromatic rings. The third kappa shape index (κ3) is 4.84. The molecule has 0 saturated carbocycles. The smallest absolute Gasteiger partial charge is 0.339 e. The molecular formula is C23H19F4N5O2. The van der Waals surface area contributed by atoms with Crippen LogP contribution in [0, 0.1) is 5.82 Å². The van der Waals surface area contributed by atoms with Crippen LogP contribution in [0.2, 0.25) is 0 Å². The predicted molar refractivity (Wildman–Crippen MR) is 112 cm³/mol. The van der Waals surface area contributed by atoms with Crippen molar-refractivity contribution in [2.75, 3.05) is 13.1 Å². The molecule has 5 rings (SSSR count). The lowest BCUT2D eigenvalue weighted by Gasteiger charge is -2.29. The summed E-state index contributed by atoms with van der Waals surface area (Å²) in [6.45, 7) is 1.72. The number of halogens is 4. The van der Waals surface area contributed by atoms with Crippen LogP contribution in [0.1, 0.15) is 36.1 Å². The Labute approximate surface area is 191 Å². The van der Waals surface area contributed by atoms with Crippen LogP contribution in [0.15, 0.2) is 57.6 Å². The van der Waals surface area contributed by atoms with Crippen LogP contribution in [0.3, 0.4) is 0 Å². The number of hydrogen-bond donors (Lipinski definition) is 0. The number of aromatic nitrogens is 4. The van der Waals surface area contributed by atoms with Crippen molar-refractivity contribution < 1.29 is 26.6 Å². The number of hydrogen-bond acceptors (Lipinski definition) is 7. The zero-order valence-electron chi connectivity index (χ0n) is 17.8. The minimum atomic E-state index is -4.45. The van der Waals surface area contributed by atoms with Gasteiger partial charge in [-0.3, -0.25) is 4.90 Å². The van der Waals surface area contributed by atoms with Crippen LogP contribution in [0.5, 0.6) is 0 Å². The number of likely N-dealkylation sites (tertiary alicyclic amines) is 1. The second kappa shape index (κ2) is 8.98. The SMILES string of the molecule is Fc1cccc(-c2noc(C3CCCN(Cc4nc(-c5cccc(C(F)(F)F)c5)no4)C3)n2)c1. The van der Waals surface area contributed by atoms with Gasteiger partial charge in [-0.1, -0.05) is 34.6 Å². The average molecular weight is 473 g/mol. The summed E-state index contributed by atoms with van der Waals surface area (Å²) in [5, 5.41) is 7.83. The van der Waals surface area contributed by atoms with Crippen LogP contribution < -0.4 is 0 Å². The van der Waals surface area contributed by atoms with Gasteiger partial charge in [0.2, 0.25) is 23.4 Å². The lowest BCUT2D eigenvalue weighted by atomic mass is 9.98. The van der Waals surface area contributed by atoms with Crippen molar-refractivity contribution in [1.29, 1.82) is 0 Å². The fraction of sp³-hybridized carbons (Fsp3) is 0.304. The third-order valence-electron chi connectivity index (χ3n) is 5.65. The van der Waals surface area contributed by atoms with Gasteiger partial charge in [0.25, 0.3) is 0 Å². The normalized spacial score (nSPS) is 17.2. The molecule has 7 nitrogen and oxygen atoms in total. The van der Waals surface area contributed by atoms with Gasteiger partial charge in [0, 0.05) is 17.7 Å². The Bertz CT molecular complexity index is 1290. The molecule has 2 aromatic heterocycles. The van der Waals surface area contributed by atoms with E-state index < -0.39 is 11.7 Å². The molecule has 34 heavy (non-hydrogen) atoms. The second-order valence-electron chi connectivity index (χ2n) is 8.13. The van der Waals surface area contributed by atoms with Crippen molar-refractivity contribution in [3.8, 4) is 22.8 Å².